The number of aromatic amines is 1. The van der Waals surface area contributed by atoms with Crippen LogP contribution >= 0.6 is 0 Å². The largest absolute Gasteiger partial charge is 0.508 e. The van der Waals surface area contributed by atoms with Crippen LogP contribution in [0.15, 0.2) is 48.5 Å². The first-order valence-electron chi connectivity index (χ1n) is 8.38. The molecule has 0 unspecified atom stereocenters. The minimum atomic E-state index is -1.06. The number of carbonyl (C=O) groups is 2. The maximum Gasteiger partial charge on any atom is 0.326 e. The van der Waals surface area contributed by atoms with Crippen LogP contribution in [0.2, 0.25) is 0 Å². The monoisotopic (exact) mass is 350 g/mol. The molecule has 2 atom stereocenters. The summed E-state index contributed by atoms with van der Waals surface area (Å²) in [5.41, 5.74) is 3.01. The number of amides is 1. The lowest BCUT2D eigenvalue weighted by Crippen LogP contribution is -2.50. The van der Waals surface area contributed by atoms with E-state index in [1.54, 1.807) is 24.3 Å². The van der Waals surface area contributed by atoms with Crippen molar-refractivity contribution >= 4 is 22.8 Å². The second-order valence-electron chi connectivity index (χ2n) is 6.51. The number of fused-ring (bicyclic) bond motifs is 3. The first kappa shape index (κ1) is 16.2. The summed E-state index contributed by atoms with van der Waals surface area (Å²) in [5, 5.41) is 21.1. The Labute approximate surface area is 149 Å². The lowest BCUT2D eigenvalue weighted by atomic mass is 9.87. The zero-order valence-electron chi connectivity index (χ0n) is 14.1. The summed E-state index contributed by atoms with van der Waals surface area (Å²) in [7, 11) is 0. The molecule has 26 heavy (non-hydrogen) atoms. The highest BCUT2D eigenvalue weighted by Gasteiger charge is 2.43. The predicted octanol–water partition coefficient (Wildman–Crippen LogP) is 2.82. The van der Waals surface area contributed by atoms with Crippen LogP contribution in [0.5, 0.6) is 5.75 Å². The first-order chi connectivity index (χ1) is 12.5. The van der Waals surface area contributed by atoms with Crippen molar-refractivity contribution in [3.63, 3.8) is 0 Å². The molecular formula is C20H18N2O4. The Morgan fingerprint density at radius 3 is 2.50 bits per heavy atom. The summed E-state index contributed by atoms with van der Waals surface area (Å²) in [5.74, 6) is -1.38. The summed E-state index contributed by atoms with van der Waals surface area (Å²) < 4.78 is 0. The van der Waals surface area contributed by atoms with Gasteiger partial charge in [-0.25, -0.2) is 4.79 Å². The van der Waals surface area contributed by atoms with Crippen molar-refractivity contribution in [3.8, 4) is 5.75 Å². The standard InChI is InChI=1S/C20H18N2O4/c1-11(23)22-16(20(25)26)10-14-12-6-2-4-8-15(12)21-18(14)19(22)13-7-3-5-9-17(13)24/h2-9,16,19,21,24H,10H2,1H3,(H,25,26)/t16-,19+/m0/s1. The van der Waals surface area contributed by atoms with Gasteiger partial charge in [-0.2, -0.15) is 0 Å². The van der Waals surface area contributed by atoms with Gasteiger partial charge in [0.2, 0.25) is 5.91 Å². The van der Waals surface area contributed by atoms with Gasteiger partial charge in [-0.1, -0.05) is 36.4 Å². The van der Waals surface area contributed by atoms with Gasteiger partial charge < -0.3 is 20.1 Å². The zero-order chi connectivity index (χ0) is 18.4. The van der Waals surface area contributed by atoms with Crippen LogP contribution in [0.4, 0.5) is 0 Å². The van der Waals surface area contributed by atoms with Crippen molar-refractivity contribution < 1.29 is 19.8 Å². The molecule has 0 spiro atoms. The molecule has 0 saturated heterocycles. The Bertz CT molecular complexity index is 1020. The van der Waals surface area contributed by atoms with Gasteiger partial charge in [-0.15, -0.1) is 0 Å². The van der Waals surface area contributed by atoms with Crippen LogP contribution in [0, 0.1) is 0 Å². The van der Waals surface area contributed by atoms with Crippen molar-refractivity contribution in [1.82, 2.24) is 9.88 Å². The fraction of sp³-hybridized carbons (Fsp3) is 0.200. The third-order valence-electron chi connectivity index (χ3n) is 5.01. The molecule has 1 aromatic heterocycles. The first-order valence-corrected chi connectivity index (χ1v) is 8.38. The van der Waals surface area contributed by atoms with Gasteiger partial charge >= 0.3 is 5.97 Å². The van der Waals surface area contributed by atoms with E-state index in [9.17, 15) is 19.8 Å². The van der Waals surface area contributed by atoms with E-state index >= 15 is 0 Å². The number of benzene rings is 2. The number of carbonyl (C=O) groups excluding carboxylic acids is 1. The molecule has 3 N–H and O–H groups in total. The van der Waals surface area contributed by atoms with E-state index in [-0.39, 0.29) is 18.1 Å². The van der Waals surface area contributed by atoms with Crippen LogP contribution in [0.3, 0.4) is 0 Å². The highest BCUT2D eigenvalue weighted by molar-refractivity contribution is 5.90. The van der Waals surface area contributed by atoms with Crippen LogP contribution in [0.25, 0.3) is 10.9 Å². The molecular weight excluding hydrogens is 332 g/mol. The third kappa shape index (κ3) is 2.34. The fourth-order valence-electron chi connectivity index (χ4n) is 3.92. The number of aromatic hydroxyl groups is 1. The summed E-state index contributed by atoms with van der Waals surface area (Å²) in [6.45, 7) is 1.36. The Kier molecular flexibility index (Phi) is 3.68. The summed E-state index contributed by atoms with van der Waals surface area (Å²) in [4.78, 5) is 29.0. The molecule has 2 aromatic carbocycles. The molecule has 132 valence electrons. The second-order valence-corrected chi connectivity index (χ2v) is 6.51. The lowest BCUT2D eigenvalue weighted by Gasteiger charge is -2.40. The van der Waals surface area contributed by atoms with Gasteiger partial charge in [0, 0.05) is 35.5 Å². The lowest BCUT2D eigenvalue weighted by molar-refractivity contribution is -0.151. The Morgan fingerprint density at radius 2 is 1.81 bits per heavy atom. The number of nitrogens with zero attached hydrogens (tertiary/aromatic N) is 1. The molecule has 1 amide bonds. The van der Waals surface area contributed by atoms with Gasteiger partial charge in [-0.05, 0) is 17.7 Å². The van der Waals surface area contributed by atoms with Crippen LogP contribution in [-0.4, -0.2) is 38.0 Å². The topological polar surface area (TPSA) is 93.6 Å². The molecule has 0 bridgehead atoms. The van der Waals surface area contributed by atoms with E-state index in [0.717, 1.165) is 22.2 Å². The SMILES string of the molecule is CC(=O)N1[C@H](c2ccccc2O)c2[nH]c3ccccc3c2C[C@H]1C(=O)O. The number of H-pyrrole nitrogens is 1. The number of hydrogen-bond acceptors (Lipinski definition) is 3. The molecule has 0 radical (unpaired) electrons. The minimum Gasteiger partial charge on any atom is -0.508 e. The Morgan fingerprint density at radius 1 is 1.12 bits per heavy atom. The average Bonchev–Trinajstić information content (AvgIpc) is 2.99. The van der Waals surface area contributed by atoms with Crippen molar-refractivity contribution in [2.24, 2.45) is 0 Å². The van der Waals surface area contributed by atoms with Crippen LogP contribution in [-0.2, 0) is 16.0 Å². The normalized spacial score (nSPS) is 19.3. The number of aromatic nitrogens is 1. The number of rotatable bonds is 2. The third-order valence-corrected chi connectivity index (χ3v) is 5.01. The molecule has 0 aliphatic carbocycles. The average molecular weight is 350 g/mol. The Hall–Kier alpha value is -3.28. The highest BCUT2D eigenvalue weighted by atomic mass is 16.4. The molecule has 6 nitrogen and oxygen atoms in total. The van der Waals surface area contributed by atoms with E-state index < -0.39 is 18.1 Å². The van der Waals surface area contributed by atoms with E-state index in [0.29, 0.717) is 5.56 Å². The number of carboxylic acids is 1. The second kappa shape index (κ2) is 5.91. The zero-order valence-corrected chi connectivity index (χ0v) is 14.1. The van der Waals surface area contributed by atoms with E-state index in [2.05, 4.69) is 4.98 Å². The molecule has 0 fully saturated rings. The van der Waals surface area contributed by atoms with Crippen LogP contribution < -0.4 is 0 Å². The van der Waals surface area contributed by atoms with Crippen LogP contribution in [0.1, 0.15) is 29.8 Å². The fourth-order valence-corrected chi connectivity index (χ4v) is 3.92. The van der Waals surface area contributed by atoms with E-state index in [1.165, 1.54) is 11.8 Å². The number of phenols is 1. The van der Waals surface area contributed by atoms with Gasteiger partial charge in [0.1, 0.15) is 17.8 Å². The maximum absolute atomic E-state index is 12.4. The predicted molar refractivity (Wildman–Crippen MR) is 95.9 cm³/mol. The maximum atomic E-state index is 12.4. The van der Waals surface area contributed by atoms with Gasteiger partial charge in [0.05, 0.1) is 0 Å². The number of para-hydroxylation sites is 2. The van der Waals surface area contributed by atoms with E-state index in [1.807, 2.05) is 24.3 Å². The van der Waals surface area contributed by atoms with Gasteiger partial charge in [0.25, 0.3) is 0 Å². The highest BCUT2D eigenvalue weighted by Crippen LogP contribution is 2.43. The summed E-state index contributed by atoms with van der Waals surface area (Å²) in [6, 6.07) is 12.7. The van der Waals surface area contributed by atoms with Gasteiger partial charge in [0.15, 0.2) is 0 Å². The molecule has 1 aliphatic rings. The molecule has 3 aromatic rings. The number of nitrogens with one attached hydrogen (secondary N) is 1. The molecule has 4 rings (SSSR count). The minimum absolute atomic E-state index is 0.0272. The van der Waals surface area contributed by atoms with Crippen molar-refractivity contribution in [3.05, 3.63) is 65.4 Å². The molecule has 1 aliphatic heterocycles. The number of phenolic OH excluding ortho intramolecular Hbond substituents is 1. The summed E-state index contributed by atoms with van der Waals surface area (Å²) >= 11 is 0. The van der Waals surface area contributed by atoms with Crippen molar-refractivity contribution in [1.29, 1.82) is 0 Å². The quantitative estimate of drug-likeness (QED) is 0.662. The van der Waals surface area contributed by atoms with Crippen molar-refractivity contribution in [2.75, 3.05) is 0 Å². The van der Waals surface area contributed by atoms with E-state index in [4.69, 9.17) is 0 Å². The number of carboxylic acid groups (broad SMARTS) is 1. The molecule has 0 saturated carbocycles. The molecule has 6 heteroatoms. The Balaban J connectivity index is 2.03. The molecule has 2 heterocycles. The number of aliphatic carboxylic acids is 1. The summed E-state index contributed by atoms with van der Waals surface area (Å²) in [6.07, 6.45) is 0.221. The van der Waals surface area contributed by atoms with Gasteiger partial charge in [-0.3, -0.25) is 4.79 Å². The number of hydrogen-bond donors (Lipinski definition) is 3. The smallest absolute Gasteiger partial charge is 0.326 e. The van der Waals surface area contributed by atoms with Crippen molar-refractivity contribution in [2.45, 2.75) is 25.4 Å².